The number of aromatic nitrogens is 1. The summed E-state index contributed by atoms with van der Waals surface area (Å²) in [6.07, 6.45) is 0.192. The van der Waals surface area contributed by atoms with Gasteiger partial charge in [-0.1, -0.05) is 12.1 Å². The van der Waals surface area contributed by atoms with Crippen LogP contribution >= 0.6 is 11.3 Å². The zero-order chi connectivity index (χ0) is 15.5. The van der Waals surface area contributed by atoms with Crippen LogP contribution in [0, 0.1) is 12.7 Å². The van der Waals surface area contributed by atoms with E-state index in [4.69, 9.17) is 4.74 Å². The molecule has 0 saturated carbocycles. The average molecular weight is 320 g/mol. The molecule has 4 nitrogen and oxygen atoms in total. The molecule has 1 fully saturated rings. The Balaban J connectivity index is 1.76. The van der Waals surface area contributed by atoms with E-state index in [2.05, 4.69) is 4.98 Å². The third-order valence-corrected chi connectivity index (χ3v) is 4.46. The molecule has 0 bridgehead atoms. The zero-order valence-electron chi connectivity index (χ0n) is 12.3. The molecule has 1 saturated heterocycles. The molecule has 1 aromatic carbocycles. The van der Waals surface area contributed by atoms with Crippen molar-refractivity contribution in [3.05, 3.63) is 51.7 Å². The van der Waals surface area contributed by atoms with Gasteiger partial charge in [-0.15, -0.1) is 11.3 Å². The summed E-state index contributed by atoms with van der Waals surface area (Å²) in [4.78, 5) is 18.9. The van der Waals surface area contributed by atoms with Crippen molar-refractivity contribution in [3.63, 3.8) is 0 Å². The zero-order valence-corrected chi connectivity index (χ0v) is 13.1. The van der Waals surface area contributed by atoms with E-state index in [0.717, 1.165) is 10.7 Å². The molecule has 0 radical (unpaired) electrons. The number of thiazole rings is 1. The van der Waals surface area contributed by atoms with E-state index in [1.807, 2.05) is 12.3 Å². The summed E-state index contributed by atoms with van der Waals surface area (Å²) in [6, 6.07) is 6.02. The number of carbonyl (C=O) groups excluding carboxylic acids is 1. The number of amides is 1. The van der Waals surface area contributed by atoms with Crippen molar-refractivity contribution in [1.82, 2.24) is 9.88 Å². The summed E-state index contributed by atoms with van der Waals surface area (Å²) < 4.78 is 18.8. The Bertz CT molecular complexity index is 674. The number of halogens is 1. The summed E-state index contributed by atoms with van der Waals surface area (Å²) >= 11 is 1.56. The Morgan fingerprint density at radius 3 is 3.14 bits per heavy atom. The Morgan fingerprint density at radius 1 is 1.55 bits per heavy atom. The van der Waals surface area contributed by atoms with Crippen molar-refractivity contribution >= 4 is 17.2 Å². The molecule has 22 heavy (non-hydrogen) atoms. The number of morpholine rings is 1. The fourth-order valence-corrected chi connectivity index (χ4v) is 3.26. The number of carbonyl (C=O) groups is 1. The third-order valence-electron chi connectivity index (χ3n) is 3.67. The van der Waals surface area contributed by atoms with E-state index < -0.39 is 0 Å². The Morgan fingerprint density at radius 2 is 2.41 bits per heavy atom. The second-order valence-electron chi connectivity index (χ2n) is 5.28. The van der Waals surface area contributed by atoms with Crippen molar-refractivity contribution in [2.75, 3.05) is 19.8 Å². The van der Waals surface area contributed by atoms with Gasteiger partial charge in [-0.2, -0.15) is 0 Å². The van der Waals surface area contributed by atoms with E-state index in [1.54, 1.807) is 28.4 Å². The predicted octanol–water partition coefficient (Wildman–Crippen LogP) is 2.73. The Hall–Kier alpha value is -1.79. The molecule has 1 unspecified atom stereocenters. The van der Waals surface area contributed by atoms with Gasteiger partial charge in [0.1, 0.15) is 5.82 Å². The number of nitrogens with zero attached hydrogens (tertiary/aromatic N) is 2. The van der Waals surface area contributed by atoms with Crippen LogP contribution in [0.3, 0.4) is 0 Å². The molecule has 2 heterocycles. The molecular formula is C16H17FN2O2S. The first-order valence-corrected chi connectivity index (χ1v) is 8.05. The van der Waals surface area contributed by atoms with Crippen LogP contribution in [0.15, 0.2) is 29.6 Å². The van der Waals surface area contributed by atoms with E-state index >= 15 is 0 Å². The lowest BCUT2D eigenvalue weighted by Gasteiger charge is -2.34. The molecule has 1 aromatic heterocycles. The molecule has 1 aliphatic rings. The largest absolute Gasteiger partial charge is 0.377 e. The topological polar surface area (TPSA) is 42.4 Å². The number of rotatable bonds is 3. The summed E-state index contributed by atoms with van der Waals surface area (Å²) in [6.45, 7) is 3.46. The minimum atomic E-state index is -0.320. The number of hydrogen-bond donors (Lipinski definition) is 0. The first-order chi connectivity index (χ1) is 10.6. The number of benzene rings is 1. The highest BCUT2D eigenvalue weighted by Crippen LogP contribution is 2.26. The standard InChI is InChI=1S/C16H17FN2O2S/c1-11-18-14(10-22-11)15-9-21-6-5-19(15)16(20)8-12-3-2-4-13(17)7-12/h2-4,7,10,15H,5-6,8-9H2,1H3. The van der Waals surface area contributed by atoms with Crippen LogP contribution in [0.5, 0.6) is 0 Å². The normalized spacial score (nSPS) is 18.5. The number of ether oxygens (including phenoxy) is 1. The summed E-state index contributed by atoms with van der Waals surface area (Å²) in [7, 11) is 0. The maximum Gasteiger partial charge on any atom is 0.227 e. The molecule has 6 heteroatoms. The minimum absolute atomic E-state index is 0.0236. The highest BCUT2D eigenvalue weighted by atomic mass is 32.1. The van der Waals surface area contributed by atoms with Gasteiger partial charge in [-0.25, -0.2) is 9.37 Å². The van der Waals surface area contributed by atoms with Crippen LogP contribution in [0.4, 0.5) is 4.39 Å². The smallest absolute Gasteiger partial charge is 0.227 e. The Labute approximate surface area is 132 Å². The van der Waals surface area contributed by atoms with Gasteiger partial charge < -0.3 is 9.64 Å². The molecule has 1 amide bonds. The fraction of sp³-hybridized carbons (Fsp3) is 0.375. The highest BCUT2D eigenvalue weighted by molar-refractivity contribution is 7.09. The molecule has 116 valence electrons. The molecule has 1 aliphatic heterocycles. The van der Waals surface area contributed by atoms with Crippen molar-refractivity contribution in [2.45, 2.75) is 19.4 Å². The number of hydrogen-bond acceptors (Lipinski definition) is 4. The van der Waals surface area contributed by atoms with Crippen LogP contribution in [-0.2, 0) is 16.0 Å². The van der Waals surface area contributed by atoms with Gasteiger partial charge in [0.2, 0.25) is 5.91 Å². The van der Waals surface area contributed by atoms with Crippen molar-refractivity contribution in [2.24, 2.45) is 0 Å². The lowest BCUT2D eigenvalue weighted by atomic mass is 10.1. The average Bonchev–Trinajstić information content (AvgIpc) is 2.94. The van der Waals surface area contributed by atoms with Gasteiger partial charge in [0.25, 0.3) is 0 Å². The maximum atomic E-state index is 13.3. The van der Waals surface area contributed by atoms with E-state index in [1.165, 1.54) is 12.1 Å². The van der Waals surface area contributed by atoms with Gasteiger partial charge in [0.05, 0.1) is 36.4 Å². The Kier molecular flexibility index (Phi) is 4.49. The quantitative estimate of drug-likeness (QED) is 0.873. The maximum absolute atomic E-state index is 13.3. The van der Waals surface area contributed by atoms with Crippen molar-refractivity contribution in [1.29, 1.82) is 0 Å². The predicted molar refractivity (Wildman–Crippen MR) is 82.2 cm³/mol. The lowest BCUT2D eigenvalue weighted by Crippen LogP contribution is -2.44. The van der Waals surface area contributed by atoms with Crippen molar-refractivity contribution in [3.8, 4) is 0 Å². The summed E-state index contributed by atoms with van der Waals surface area (Å²) in [5.41, 5.74) is 1.56. The van der Waals surface area contributed by atoms with Crippen LogP contribution in [-0.4, -0.2) is 35.5 Å². The van der Waals surface area contributed by atoms with Gasteiger partial charge in [-0.3, -0.25) is 4.79 Å². The monoisotopic (exact) mass is 320 g/mol. The van der Waals surface area contributed by atoms with E-state index in [9.17, 15) is 9.18 Å². The van der Waals surface area contributed by atoms with Crippen LogP contribution < -0.4 is 0 Å². The van der Waals surface area contributed by atoms with E-state index in [0.29, 0.717) is 25.3 Å². The van der Waals surface area contributed by atoms with Gasteiger partial charge in [0.15, 0.2) is 0 Å². The van der Waals surface area contributed by atoms with Gasteiger partial charge in [-0.05, 0) is 24.6 Å². The van der Waals surface area contributed by atoms with E-state index in [-0.39, 0.29) is 24.2 Å². The van der Waals surface area contributed by atoms with Crippen LogP contribution in [0.25, 0.3) is 0 Å². The first-order valence-electron chi connectivity index (χ1n) is 7.17. The minimum Gasteiger partial charge on any atom is -0.377 e. The fourth-order valence-electron chi connectivity index (χ4n) is 2.60. The van der Waals surface area contributed by atoms with Crippen molar-refractivity contribution < 1.29 is 13.9 Å². The molecule has 2 aromatic rings. The van der Waals surface area contributed by atoms with Crippen LogP contribution in [0.1, 0.15) is 22.3 Å². The SMILES string of the molecule is Cc1nc(C2COCCN2C(=O)Cc2cccc(F)c2)cs1. The molecule has 0 spiro atoms. The molecule has 0 N–H and O–H groups in total. The molecular weight excluding hydrogens is 303 g/mol. The number of aryl methyl sites for hydroxylation is 1. The second-order valence-corrected chi connectivity index (χ2v) is 6.34. The lowest BCUT2D eigenvalue weighted by molar-refractivity contribution is -0.139. The van der Waals surface area contributed by atoms with Gasteiger partial charge >= 0.3 is 0 Å². The first kappa shape index (κ1) is 15.1. The third kappa shape index (κ3) is 3.34. The molecule has 3 rings (SSSR count). The second kappa shape index (κ2) is 6.54. The molecule has 0 aliphatic carbocycles. The summed E-state index contributed by atoms with van der Waals surface area (Å²) in [5, 5.41) is 2.94. The summed E-state index contributed by atoms with van der Waals surface area (Å²) in [5.74, 6) is -0.344. The highest BCUT2D eigenvalue weighted by Gasteiger charge is 2.30. The van der Waals surface area contributed by atoms with Crippen LogP contribution in [0.2, 0.25) is 0 Å². The molecule has 1 atom stereocenters. The van der Waals surface area contributed by atoms with Gasteiger partial charge in [0, 0.05) is 11.9 Å².